The number of nitrogens with two attached hydrogens (primary N) is 1. The minimum absolute atomic E-state index is 0.901. The number of hydrogen-bond acceptors (Lipinski definition) is 3. The zero-order valence-electron chi connectivity index (χ0n) is 11.5. The van der Waals surface area contributed by atoms with Crippen LogP contribution in [0.4, 0.5) is 5.00 Å². The SMILES string of the molecule is COc1cc(C)c(-c2c(N)sc(C)c2C)cc1C. The molecule has 0 atom stereocenters. The maximum atomic E-state index is 6.15. The molecule has 2 rings (SSSR count). The van der Waals surface area contributed by atoms with E-state index in [0.29, 0.717) is 0 Å². The molecule has 18 heavy (non-hydrogen) atoms. The van der Waals surface area contributed by atoms with Crippen molar-refractivity contribution in [2.45, 2.75) is 27.7 Å². The highest BCUT2D eigenvalue weighted by Crippen LogP contribution is 2.41. The van der Waals surface area contributed by atoms with Gasteiger partial charge in [0.05, 0.1) is 12.1 Å². The van der Waals surface area contributed by atoms with Crippen LogP contribution < -0.4 is 10.5 Å². The van der Waals surface area contributed by atoms with Gasteiger partial charge in [-0.1, -0.05) is 0 Å². The standard InChI is InChI=1S/C15H19NOS/c1-8-7-13(17-5)9(2)6-12(8)14-10(3)11(4)18-15(14)16/h6-7H,16H2,1-5H3. The van der Waals surface area contributed by atoms with Crippen molar-refractivity contribution >= 4 is 16.3 Å². The van der Waals surface area contributed by atoms with Crippen molar-refractivity contribution < 1.29 is 4.74 Å². The fourth-order valence-corrected chi connectivity index (χ4v) is 3.22. The Balaban J connectivity index is 2.68. The molecule has 0 unspecified atom stereocenters. The average Bonchev–Trinajstić information content (AvgIpc) is 2.56. The van der Waals surface area contributed by atoms with Crippen molar-refractivity contribution in [1.82, 2.24) is 0 Å². The average molecular weight is 261 g/mol. The van der Waals surface area contributed by atoms with Crippen molar-refractivity contribution in [2.24, 2.45) is 0 Å². The molecular weight excluding hydrogens is 242 g/mol. The molecule has 96 valence electrons. The van der Waals surface area contributed by atoms with E-state index in [9.17, 15) is 0 Å². The van der Waals surface area contributed by atoms with Crippen molar-refractivity contribution in [2.75, 3.05) is 12.8 Å². The number of rotatable bonds is 2. The van der Waals surface area contributed by atoms with Crippen LogP contribution in [0.15, 0.2) is 12.1 Å². The second-order valence-corrected chi connectivity index (χ2v) is 5.92. The summed E-state index contributed by atoms with van der Waals surface area (Å²) in [6.07, 6.45) is 0. The number of methoxy groups -OCH3 is 1. The molecule has 0 aliphatic heterocycles. The first kappa shape index (κ1) is 13.0. The van der Waals surface area contributed by atoms with E-state index in [-0.39, 0.29) is 0 Å². The molecule has 0 spiro atoms. The highest BCUT2D eigenvalue weighted by molar-refractivity contribution is 7.16. The number of anilines is 1. The van der Waals surface area contributed by atoms with Crippen LogP contribution in [0.5, 0.6) is 5.75 Å². The van der Waals surface area contributed by atoms with Crippen molar-refractivity contribution in [1.29, 1.82) is 0 Å². The highest BCUT2D eigenvalue weighted by atomic mass is 32.1. The lowest BCUT2D eigenvalue weighted by Crippen LogP contribution is -1.93. The first-order valence-corrected chi connectivity index (χ1v) is 6.78. The van der Waals surface area contributed by atoms with Gasteiger partial charge in [0.25, 0.3) is 0 Å². The molecule has 0 aliphatic rings. The zero-order valence-corrected chi connectivity index (χ0v) is 12.4. The van der Waals surface area contributed by atoms with Crippen molar-refractivity contribution in [3.05, 3.63) is 33.7 Å². The predicted octanol–water partition coefficient (Wildman–Crippen LogP) is 4.24. The summed E-state index contributed by atoms with van der Waals surface area (Å²) in [5.74, 6) is 0.930. The molecule has 1 heterocycles. The van der Waals surface area contributed by atoms with E-state index in [4.69, 9.17) is 10.5 Å². The first-order chi connectivity index (χ1) is 8.45. The third-order valence-corrected chi connectivity index (χ3v) is 4.46. The number of ether oxygens (including phenoxy) is 1. The summed E-state index contributed by atoms with van der Waals surface area (Å²) in [4.78, 5) is 1.29. The van der Waals surface area contributed by atoms with Gasteiger partial charge in [-0.05, 0) is 62.1 Å². The van der Waals surface area contributed by atoms with Crippen LogP contribution >= 0.6 is 11.3 Å². The number of benzene rings is 1. The Kier molecular flexibility index (Phi) is 3.35. The van der Waals surface area contributed by atoms with Gasteiger partial charge in [0.1, 0.15) is 5.75 Å². The number of hydrogen-bond donors (Lipinski definition) is 1. The van der Waals surface area contributed by atoms with Crippen LogP contribution in [0.25, 0.3) is 11.1 Å². The quantitative estimate of drug-likeness (QED) is 0.877. The first-order valence-electron chi connectivity index (χ1n) is 5.96. The Bertz CT molecular complexity index is 599. The smallest absolute Gasteiger partial charge is 0.122 e. The molecule has 0 radical (unpaired) electrons. The summed E-state index contributed by atoms with van der Waals surface area (Å²) in [7, 11) is 1.70. The van der Waals surface area contributed by atoms with Crippen molar-refractivity contribution in [3.63, 3.8) is 0 Å². The van der Waals surface area contributed by atoms with Gasteiger partial charge in [0.15, 0.2) is 0 Å². The second kappa shape index (κ2) is 4.65. The molecule has 0 aliphatic carbocycles. The van der Waals surface area contributed by atoms with Crippen LogP contribution in [0.1, 0.15) is 21.6 Å². The molecule has 0 bridgehead atoms. The monoisotopic (exact) mass is 261 g/mol. The van der Waals surface area contributed by atoms with Crippen LogP contribution in [0, 0.1) is 27.7 Å². The summed E-state index contributed by atoms with van der Waals surface area (Å²) < 4.78 is 5.35. The zero-order chi connectivity index (χ0) is 13.4. The molecule has 1 aromatic carbocycles. The van der Waals surface area contributed by atoms with Gasteiger partial charge < -0.3 is 10.5 Å². The molecule has 0 fully saturated rings. The lowest BCUT2D eigenvalue weighted by molar-refractivity contribution is 0.411. The van der Waals surface area contributed by atoms with Crippen molar-refractivity contribution in [3.8, 4) is 16.9 Å². The van der Waals surface area contributed by atoms with Crippen LogP contribution in [0.2, 0.25) is 0 Å². The predicted molar refractivity (Wildman–Crippen MR) is 79.7 cm³/mol. The second-order valence-electron chi connectivity index (χ2n) is 4.66. The van der Waals surface area contributed by atoms with Crippen LogP contribution in [-0.2, 0) is 0 Å². The molecule has 0 saturated carbocycles. The van der Waals surface area contributed by atoms with E-state index in [2.05, 4.69) is 39.8 Å². The molecule has 3 heteroatoms. The van der Waals surface area contributed by atoms with Gasteiger partial charge in [-0.3, -0.25) is 0 Å². The Morgan fingerprint density at radius 1 is 1.06 bits per heavy atom. The van der Waals surface area contributed by atoms with Crippen LogP contribution in [0.3, 0.4) is 0 Å². The normalized spacial score (nSPS) is 10.7. The fraction of sp³-hybridized carbons (Fsp3) is 0.333. The largest absolute Gasteiger partial charge is 0.496 e. The van der Waals surface area contributed by atoms with Crippen LogP contribution in [-0.4, -0.2) is 7.11 Å². The summed E-state index contributed by atoms with van der Waals surface area (Å²) in [5, 5.41) is 0.901. The molecule has 2 nitrogen and oxygen atoms in total. The van der Waals surface area contributed by atoms with Gasteiger partial charge in [0.2, 0.25) is 0 Å². The fourth-order valence-electron chi connectivity index (χ4n) is 2.27. The maximum absolute atomic E-state index is 6.15. The molecular formula is C15H19NOS. The Labute approximate surface area is 112 Å². The van der Waals surface area contributed by atoms with E-state index >= 15 is 0 Å². The third-order valence-electron chi connectivity index (χ3n) is 3.42. The van der Waals surface area contributed by atoms with Gasteiger partial charge in [-0.2, -0.15) is 0 Å². The summed E-state index contributed by atoms with van der Waals surface area (Å²) in [5.41, 5.74) is 12.2. The molecule has 2 aromatic rings. The highest BCUT2D eigenvalue weighted by Gasteiger charge is 2.15. The minimum Gasteiger partial charge on any atom is -0.496 e. The van der Waals surface area contributed by atoms with Gasteiger partial charge in [0, 0.05) is 10.4 Å². The summed E-state index contributed by atoms with van der Waals surface area (Å²) in [6.45, 7) is 8.41. The van der Waals surface area contributed by atoms with Gasteiger partial charge >= 0.3 is 0 Å². The molecule has 0 saturated heterocycles. The number of aryl methyl sites for hydroxylation is 3. The van der Waals surface area contributed by atoms with Gasteiger partial charge in [-0.15, -0.1) is 11.3 Å². The third kappa shape index (κ3) is 1.99. The van der Waals surface area contributed by atoms with E-state index < -0.39 is 0 Å². The Morgan fingerprint density at radius 3 is 2.22 bits per heavy atom. The van der Waals surface area contributed by atoms with E-state index in [0.717, 1.165) is 16.3 Å². The topological polar surface area (TPSA) is 35.2 Å². The summed E-state index contributed by atoms with van der Waals surface area (Å²) in [6, 6.07) is 4.25. The van der Waals surface area contributed by atoms with Gasteiger partial charge in [-0.25, -0.2) is 0 Å². The summed E-state index contributed by atoms with van der Waals surface area (Å²) >= 11 is 1.66. The van der Waals surface area contributed by atoms with E-state index in [1.807, 2.05) is 0 Å². The molecule has 2 N–H and O–H groups in total. The number of nitrogen functional groups attached to an aromatic ring is 1. The lowest BCUT2D eigenvalue weighted by atomic mass is 9.96. The minimum atomic E-state index is 0.901. The van der Waals surface area contributed by atoms with E-state index in [1.54, 1.807) is 18.4 Å². The maximum Gasteiger partial charge on any atom is 0.122 e. The Morgan fingerprint density at radius 2 is 1.72 bits per heavy atom. The van der Waals surface area contributed by atoms with E-state index in [1.165, 1.54) is 27.1 Å². The lowest BCUT2D eigenvalue weighted by Gasteiger charge is -2.12. The Hall–Kier alpha value is -1.48. The molecule has 1 aromatic heterocycles. The number of thiophene rings is 1. The molecule has 0 amide bonds.